The third kappa shape index (κ3) is 14.9. The number of alkyl halides is 6. The minimum atomic E-state index is -4.79. The van der Waals surface area contributed by atoms with Crippen molar-refractivity contribution in [1.82, 2.24) is 10.6 Å². The number of carbonyl (C=O) groups excluding carboxylic acids is 4. The summed E-state index contributed by atoms with van der Waals surface area (Å²) in [4.78, 5) is 51.3. The van der Waals surface area contributed by atoms with Gasteiger partial charge in [0.25, 0.3) is 0 Å². The van der Waals surface area contributed by atoms with Crippen molar-refractivity contribution in [1.29, 1.82) is 0 Å². The van der Waals surface area contributed by atoms with Crippen LogP contribution in [0.25, 0.3) is 0 Å². The maximum Gasteiger partial charge on any atom is 0.417 e. The van der Waals surface area contributed by atoms with Crippen LogP contribution in [0.4, 0.5) is 26.3 Å². The Labute approximate surface area is 401 Å². The van der Waals surface area contributed by atoms with Gasteiger partial charge in [-0.1, -0.05) is 47.5 Å². The van der Waals surface area contributed by atoms with Gasteiger partial charge < -0.3 is 65.0 Å². The van der Waals surface area contributed by atoms with E-state index in [-0.39, 0.29) is 101 Å². The maximum atomic E-state index is 13.6. The number of aliphatic hydroxyl groups is 4. The predicted octanol–water partition coefficient (Wildman–Crippen LogP) is 4.53. The Morgan fingerprint density at radius 1 is 0.623 bits per heavy atom. The molecule has 2 aliphatic rings. The lowest BCUT2D eigenvalue weighted by Gasteiger charge is -2.32. The molecule has 2 aromatic rings. The molecule has 0 fully saturated rings. The fourth-order valence-electron chi connectivity index (χ4n) is 6.99. The summed E-state index contributed by atoms with van der Waals surface area (Å²) in [6.45, 7) is 3.58. The summed E-state index contributed by atoms with van der Waals surface area (Å²) in [5, 5.41) is 41.3. The van der Waals surface area contributed by atoms with Crippen molar-refractivity contribution in [3.8, 4) is 0 Å². The van der Waals surface area contributed by atoms with Gasteiger partial charge in [-0.15, -0.1) is 0 Å². The summed E-state index contributed by atoms with van der Waals surface area (Å²) in [5.41, 5.74) is -2.70. The summed E-state index contributed by atoms with van der Waals surface area (Å²) >= 11 is 12.3. The highest BCUT2D eigenvalue weighted by Gasteiger charge is 2.44. The summed E-state index contributed by atoms with van der Waals surface area (Å²) in [7, 11) is 2.19. The van der Waals surface area contributed by atoms with Crippen LogP contribution in [0.1, 0.15) is 61.8 Å². The molecule has 2 aliphatic heterocycles. The van der Waals surface area contributed by atoms with Gasteiger partial charge in [-0.25, -0.2) is 19.2 Å². The highest BCUT2D eigenvalue weighted by atomic mass is 35.5. The number of carbonyl (C=O) groups is 4. The van der Waals surface area contributed by atoms with Gasteiger partial charge in [0.15, 0.2) is 0 Å². The molecule has 0 aliphatic carbocycles. The Kier molecular flexibility index (Phi) is 23.1. The minimum Gasteiger partial charge on any atom is -0.466 e. The van der Waals surface area contributed by atoms with Gasteiger partial charge in [-0.05, 0) is 51.0 Å². The van der Waals surface area contributed by atoms with Crippen molar-refractivity contribution < 1.29 is 99.8 Å². The smallest absolute Gasteiger partial charge is 0.417 e. The number of aliphatic hydroxyl groups excluding tert-OH is 4. The summed E-state index contributed by atoms with van der Waals surface area (Å²) < 4.78 is 112. The molecule has 0 saturated heterocycles. The average molecular weight is 1030 g/mol. The van der Waals surface area contributed by atoms with Crippen LogP contribution in [-0.4, -0.2) is 129 Å². The molecule has 0 radical (unpaired) electrons. The molecule has 4 rings (SSSR count). The van der Waals surface area contributed by atoms with E-state index in [4.69, 9.17) is 61.8 Å². The first-order chi connectivity index (χ1) is 31.9. The molecule has 0 aromatic heterocycles. The fraction of sp³-hybridized carbons (Fsp3) is 0.455. The number of hydrogen-bond donors (Lipinski definition) is 6. The van der Waals surface area contributed by atoms with Crippen LogP contribution in [0.3, 0.4) is 0 Å². The number of ether oxygens (including phenoxy) is 6. The van der Waals surface area contributed by atoms with Crippen molar-refractivity contribution in [2.24, 2.45) is 0 Å². The Morgan fingerprint density at radius 3 is 1.23 bits per heavy atom. The lowest BCUT2D eigenvalue weighted by atomic mass is 9.79. The molecule has 69 heavy (non-hydrogen) atoms. The predicted molar refractivity (Wildman–Crippen MR) is 233 cm³/mol. The van der Waals surface area contributed by atoms with E-state index in [1.807, 2.05) is 0 Å². The highest BCUT2D eigenvalue weighted by Crippen LogP contribution is 2.47. The van der Waals surface area contributed by atoms with Gasteiger partial charge in [0.2, 0.25) is 0 Å². The standard InChI is InChI=1S/2C22H25ClF3NO7.H2O/c2*1-4-34-21(31)18-15(10-33-9-12(29)8-28)27-11(2)16(20(30)32-3)17(18)13-6-5-7-14(19(13)23)22(24,25)26;/h2*5-7,12,17,27-29H,4,8-10H2,1-3H3;1H2. The van der Waals surface area contributed by atoms with Gasteiger partial charge in [0.05, 0.1) is 134 Å². The van der Waals surface area contributed by atoms with E-state index in [2.05, 4.69) is 10.6 Å². The topological polar surface area (TPSA) is 260 Å². The highest BCUT2D eigenvalue weighted by molar-refractivity contribution is 6.33. The number of allylic oxidation sites excluding steroid dienone is 2. The summed E-state index contributed by atoms with van der Waals surface area (Å²) in [6.07, 6.45) is -12.0. The van der Waals surface area contributed by atoms with Crippen LogP contribution in [0, 0.1) is 0 Å². The molecular formula is C44H52Cl2F6N2O15. The lowest BCUT2D eigenvalue weighted by molar-refractivity contribution is -0.140. The molecule has 384 valence electrons. The number of esters is 4. The van der Waals surface area contributed by atoms with Gasteiger partial charge in [-0.3, -0.25) is 0 Å². The largest absolute Gasteiger partial charge is 0.466 e. The van der Waals surface area contributed by atoms with Crippen molar-refractivity contribution in [3.05, 3.63) is 114 Å². The van der Waals surface area contributed by atoms with Crippen LogP contribution < -0.4 is 10.6 Å². The number of nitrogens with one attached hydrogen (secondary N) is 2. The monoisotopic (exact) mass is 1030 g/mol. The molecule has 0 bridgehead atoms. The van der Waals surface area contributed by atoms with Gasteiger partial charge in [-0.2, -0.15) is 26.3 Å². The zero-order valence-corrected chi connectivity index (χ0v) is 39.3. The molecule has 0 amide bonds. The number of methoxy groups -OCH3 is 2. The number of halogens is 8. The quantitative estimate of drug-likeness (QED) is 0.0681. The van der Waals surface area contributed by atoms with E-state index in [0.29, 0.717) is 0 Å². The Morgan fingerprint density at radius 2 is 0.957 bits per heavy atom. The van der Waals surface area contributed by atoms with Crippen LogP contribution >= 0.6 is 23.2 Å². The zero-order chi connectivity index (χ0) is 51.3. The van der Waals surface area contributed by atoms with E-state index in [9.17, 15) is 55.7 Å². The summed E-state index contributed by atoms with van der Waals surface area (Å²) in [5.74, 6) is -6.35. The van der Waals surface area contributed by atoms with Crippen LogP contribution in [-0.2, 0) is 60.0 Å². The Bertz CT molecular complexity index is 2140. The minimum absolute atomic E-state index is 0. The second kappa shape index (κ2) is 26.7. The second-order valence-electron chi connectivity index (χ2n) is 14.5. The molecule has 0 saturated carbocycles. The van der Waals surface area contributed by atoms with E-state index < -0.39 is 94.7 Å². The first-order valence-electron chi connectivity index (χ1n) is 20.3. The first kappa shape index (κ1) is 59.9. The van der Waals surface area contributed by atoms with Crippen molar-refractivity contribution >= 4 is 47.1 Å². The van der Waals surface area contributed by atoms with Crippen LogP contribution in [0.5, 0.6) is 0 Å². The normalized spacial score (nSPS) is 17.1. The van der Waals surface area contributed by atoms with E-state index in [1.54, 1.807) is 0 Å². The van der Waals surface area contributed by atoms with Crippen molar-refractivity contribution in [2.45, 2.75) is 64.1 Å². The molecule has 4 unspecified atom stereocenters. The third-order valence-electron chi connectivity index (χ3n) is 9.92. The molecule has 0 spiro atoms. The first-order valence-corrected chi connectivity index (χ1v) is 21.1. The molecule has 17 nitrogen and oxygen atoms in total. The van der Waals surface area contributed by atoms with E-state index >= 15 is 0 Å². The van der Waals surface area contributed by atoms with E-state index in [0.717, 1.165) is 38.5 Å². The maximum absolute atomic E-state index is 13.6. The molecule has 2 heterocycles. The average Bonchev–Trinajstić information content (AvgIpc) is 3.27. The number of benzene rings is 2. The Hall–Kier alpha value is -5.24. The van der Waals surface area contributed by atoms with E-state index in [1.165, 1.54) is 39.8 Å². The van der Waals surface area contributed by atoms with Gasteiger partial charge in [0, 0.05) is 11.4 Å². The van der Waals surface area contributed by atoms with Crippen molar-refractivity contribution in [3.63, 3.8) is 0 Å². The Balaban J connectivity index is 0.000000467. The molecule has 4 atom stereocenters. The number of dihydropyridines is 2. The number of rotatable bonds is 18. The molecule has 25 heteroatoms. The SMILES string of the molecule is CCOC(=O)C1=C(COCC(O)CO)NC(C)=C(C(=O)OC)C1c1cccc(C(F)(F)F)c1Cl.CCOC(=O)C1=C(COCC(O)CO)NC(C)=C(C(=O)OC)C1c1cccc(C(F)(F)F)c1Cl.O. The zero-order valence-electron chi connectivity index (χ0n) is 37.8. The third-order valence-corrected chi connectivity index (χ3v) is 10.8. The van der Waals surface area contributed by atoms with Crippen LogP contribution in [0.2, 0.25) is 10.0 Å². The van der Waals surface area contributed by atoms with Crippen molar-refractivity contribution in [2.75, 3.05) is 67.1 Å². The number of hydrogen-bond acceptors (Lipinski definition) is 16. The second-order valence-corrected chi connectivity index (χ2v) is 15.3. The lowest BCUT2D eigenvalue weighted by Crippen LogP contribution is -2.35. The van der Waals surface area contributed by atoms with Gasteiger partial charge in [0.1, 0.15) is 12.2 Å². The molecule has 2 aromatic carbocycles. The molecular weight excluding hydrogens is 981 g/mol. The molecule has 8 N–H and O–H groups in total. The summed E-state index contributed by atoms with van der Waals surface area (Å²) in [6, 6.07) is 6.36. The van der Waals surface area contributed by atoms with Gasteiger partial charge >= 0.3 is 36.2 Å². The van der Waals surface area contributed by atoms with Crippen LogP contribution in [0.15, 0.2) is 81.5 Å². The fourth-order valence-corrected chi connectivity index (χ4v) is 7.67.